The molecule has 0 aliphatic carbocycles. The summed E-state index contributed by atoms with van der Waals surface area (Å²) in [6, 6.07) is 12.4. The first-order valence-electron chi connectivity index (χ1n) is 8.29. The Morgan fingerprint density at radius 1 is 1.29 bits per heavy atom. The number of esters is 1. The molecule has 2 aromatic carbocycles. The molecule has 9 nitrogen and oxygen atoms in total. The molecule has 0 N–H and O–H groups in total. The summed E-state index contributed by atoms with van der Waals surface area (Å²) in [6.07, 6.45) is -0.884. The van der Waals surface area contributed by atoms with E-state index in [1.165, 1.54) is 39.3 Å². The fourth-order valence-electron chi connectivity index (χ4n) is 2.90. The molecular formula is C18H14N4O5S. The molecule has 1 aliphatic rings. The van der Waals surface area contributed by atoms with Gasteiger partial charge in [0, 0.05) is 19.2 Å². The summed E-state index contributed by atoms with van der Waals surface area (Å²) >= 11 is 1.32. The summed E-state index contributed by atoms with van der Waals surface area (Å²) in [7, 11) is 1.60. The van der Waals surface area contributed by atoms with Gasteiger partial charge < -0.3 is 9.64 Å². The predicted octanol–water partition coefficient (Wildman–Crippen LogP) is 3.26. The van der Waals surface area contributed by atoms with Gasteiger partial charge in [0.25, 0.3) is 5.69 Å². The third kappa shape index (κ3) is 3.14. The van der Waals surface area contributed by atoms with Gasteiger partial charge in [-0.15, -0.1) is 0 Å². The molecule has 142 valence electrons. The Labute approximate surface area is 162 Å². The van der Waals surface area contributed by atoms with Gasteiger partial charge in [0.05, 0.1) is 27.2 Å². The molecule has 1 aromatic heterocycles. The van der Waals surface area contributed by atoms with Crippen LogP contribution >= 0.6 is 11.3 Å². The molecule has 0 radical (unpaired) electrons. The maximum atomic E-state index is 12.6. The molecule has 2 heterocycles. The minimum atomic E-state index is -0.884. The SMILES string of the molecule is CN1CC(OC(=O)c2cccc([N+](=O)[O-])c2)N(c2nc3ccccc3s2)C1=O. The van der Waals surface area contributed by atoms with E-state index < -0.39 is 17.1 Å². The van der Waals surface area contributed by atoms with E-state index in [-0.39, 0.29) is 23.8 Å². The second kappa shape index (κ2) is 6.89. The molecule has 0 spiro atoms. The first kappa shape index (κ1) is 17.9. The molecule has 1 unspecified atom stereocenters. The van der Waals surface area contributed by atoms with E-state index in [1.807, 2.05) is 24.3 Å². The van der Waals surface area contributed by atoms with Crippen LogP contribution in [0, 0.1) is 10.1 Å². The van der Waals surface area contributed by atoms with Crippen molar-refractivity contribution in [2.45, 2.75) is 6.23 Å². The van der Waals surface area contributed by atoms with Gasteiger partial charge in [0.15, 0.2) is 5.13 Å². The number of anilines is 1. The van der Waals surface area contributed by atoms with Crippen molar-refractivity contribution in [2.24, 2.45) is 0 Å². The van der Waals surface area contributed by atoms with Gasteiger partial charge in [-0.25, -0.2) is 19.5 Å². The summed E-state index contributed by atoms with van der Waals surface area (Å²) in [5, 5.41) is 11.3. The van der Waals surface area contributed by atoms with Crippen LogP contribution < -0.4 is 4.90 Å². The van der Waals surface area contributed by atoms with Crippen LogP contribution in [-0.4, -0.2) is 46.6 Å². The number of rotatable bonds is 4. The van der Waals surface area contributed by atoms with E-state index in [0.29, 0.717) is 5.13 Å². The van der Waals surface area contributed by atoms with Crippen LogP contribution in [0.3, 0.4) is 0 Å². The number of aromatic nitrogens is 1. The lowest BCUT2D eigenvalue weighted by Crippen LogP contribution is -2.37. The zero-order valence-corrected chi connectivity index (χ0v) is 15.5. The van der Waals surface area contributed by atoms with Gasteiger partial charge >= 0.3 is 12.0 Å². The zero-order chi connectivity index (χ0) is 19.8. The Morgan fingerprint density at radius 2 is 2.07 bits per heavy atom. The number of urea groups is 1. The molecule has 1 aliphatic heterocycles. The average molecular weight is 398 g/mol. The highest BCUT2D eigenvalue weighted by Crippen LogP contribution is 2.33. The summed E-state index contributed by atoms with van der Waals surface area (Å²) in [4.78, 5) is 42.7. The number of carbonyl (C=O) groups excluding carboxylic acids is 2. The number of nitro groups is 1. The standard InChI is InChI=1S/C18H14N4O5S/c1-20-10-15(27-16(23)11-5-4-6-12(9-11)22(25)26)21(18(20)24)17-19-13-7-2-3-8-14(13)28-17/h2-9,15H,10H2,1H3. The monoisotopic (exact) mass is 398 g/mol. The van der Waals surface area contributed by atoms with Crippen molar-refractivity contribution in [3.63, 3.8) is 0 Å². The number of amides is 2. The van der Waals surface area contributed by atoms with Crippen molar-refractivity contribution in [1.82, 2.24) is 9.88 Å². The van der Waals surface area contributed by atoms with Crippen LogP contribution in [0.1, 0.15) is 10.4 Å². The zero-order valence-electron chi connectivity index (χ0n) is 14.6. The van der Waals surface area contributed by atoms with Gasteiger partial charge in [-0.05, 0) is 18.2 Å². The molecule has 0 saturated carbocycles. The lowest BCUT2D eigenvalue weighted by atomic mass is 10.2. The first-order valence-corrected chi connectivity index (χ1v) is 9.11. The van der Waals surface area contributed by atoms with Crippen LogP contribution in [-0.2, 0) is 4.74 Å². The minimum Gasteiger partial charge on any atom is -0.435 e. The van der Waals surface area contributed by atoms with Crippen LogP contribution in [0.4, 0.5) is 15.6 Å². The van der Waals surface area contributed by atoms with Gasteiger partial charge in [0.2, 0.25) is 6.23 Å². The van der Waals surface area contributed by atoms with E-state index in [9.17, 15) is 19.7 Å². The van der Waals surface area contributed by atoms with Crippen molar-refractivity contribution < 1.29 is 19.2 Å². The molecule has 3 aromatic rings. The van der Waals surface area contributed by atoms with E-state index in [2.05, 4.69) is 4.98 Å². The average Bonchev–Trinajstić information content (AvgIpc) is 3.22. The van der Waals surface area contributed by atoms with Gasteiger partial charge in [-0.3, -0.25) is 10.1 Å². The molecule has 1 fully saturated rings. The van der Waals surface area contributed by atoms with E-state index in [1.54, 1.807) is 7.05 Å². The Morgan fingerprint density at radius 3 is 2.82 bits per heavy atom. The Balaban J connectivity index is 1.62. The highest BCUT2D eigenvalue weighted by atomic mass is 32.1. The fourth-order valence-corrected chi connectivity index (χ4v) is 3.90. The molecule has 4 rings (SSSR count). The smallest absolute Gasteiger partial charge is 0.340 e. The number of nitrogens with zero attached hydrogens (tertiary/aromatic N) is 4. The molecule has 2 amide bonds. The summed E-state index contributed by atoms with van der Waals surface area (Å²) < 4.78 is 6.41. The van der Waals surface area contributed by atoms with Gasteiger partial charge in [-0.1, -0.05) is 29.5 Å². The maximum Gasteiger partial charge on any atom is 0.340 e. The third-order valence-electron chi connectivity index (χ3n) is 4.28. The minimum absolute atomic E-state index is 0.0421. The molecule has 0 bridgehead atoms. The van der Waals surface area contributed by atoms with Crippen LogP contribution in [0.5, 0.6) is 0 Å². The molecule has 1 saturated heterocycles. The number of hydrogen-bond donors (Lipinski definition) is 0. The number of thiazole rings is 1. The van der Waals surface area contributed by atoms with Crippen molar-refractivity contribution in [3.05, 3.63) is 64.2 Å². The third-order valence-corrected chi connectivity index (χ3v) is 5.31. The number of fused-ring (bicyclic) bond motifs is 1. The number of para-hydroxylation sites is 1. The quantitative estimate of drug-likeness (QED) is 0.379. The number of nitro benzene ring substituents is 1. The topological polar surface area (TPSA) is 106 Å². The highest BCUT2D eigenvalue weighted by molar-refractivity contribution is 7.22. The maximum absolute atomic E-state index is 12.6. The van der Waals surface area contributed by atoms with Crippen molar-refractivity contribution in [2.75, 3.05) is 18.5 Å². The molecule has 10 heteroatoms. The van der Waals surface area contributed by atoms with E-state index in [4.69, 9.17) is 4.74 Å². The number of hydrogen-bond acceptors (Lipinski definition) is 7. The van der Waals surface area contributed by atoms with Gasteiger partial charge in [-0.2, -0.15) is 0 Å². The second-order valence-corrected chi connectivity index (χ2v) is 7.17. The summed E-state index contributed by atoms with van der Waals surface area (Å²) in [5.41, 5.74) is 0.575. The number of carbonyl (C=O) groups is 2. The second-order valence-electron chi connectivity index (χ2n) is 6.16. The van der Waals surface area contributed by atoms with Crippen molar-refractivity contribution in [3.8, 4) is 0 Å². The van der Waals surface area contributed by atoms with Crippen molar-refractivity contribution >= 4 is 44.4 Å². The Kier molecular flexibility index (Phi) is 4.40. The number of non-ortho nitro benzene ring substituents is 1. The lowest BCUT2D eigenvalue weighted by Gasteiger charge is -2.20. The number of benzene rings is 2. The lowest BCUT2D eigenvalue weighted by molar-refractivity contribution is -0.384. The molecule has 1 atom stereocenters. The van der Waals surface area contributed by atoms with Crippen LogP contribution in [0.2, 0.25) is 0 Å². The number of likely N-dealkylation sites (N-methyl/N-ethyl adjacent to an activating group) is 1. The summed E-state index contributed by atoms with van der Waals surface area (Å²) in [5.74, 6) is -0.747. The van der Waals surface area contributed by atoms with Crippen LogP contribution in [0.25, 0.3) is 10.2 Å². The largest absolute Gasteiger partial charge is 0.435 e. The predicted molar refractivity (Wildman–Crippen MR) is 102 cm³/mol. The normalized spacial score (nSPS) is 16.6. The fraction of sp³-hybridized carbons (Fsp3) is 0.167. The molecule has 28 heavy (non-hydrogen) atoms. The Bertz CT molecular complexity index is 1070. The molecular weight excluding hydrogens is 384 g/mol. The van der Waals surface area contributed by atoms with E-state index >= 15 is 0 Å². The number of ether oxygens (including phenoxy) is 1. The highest BCUT2D eigenvalue weighted by Gasteiger charge is 2.40. The van der Waals surface area contributed by atoms with E-state index in [0.717, 1.165) is 16.3 Å². The van der Waals surface area contributed by atoms with Crippen LogP contribution in [0.15, 0.2) is 48.5 Å². The van der Waals surface area contributed by atoms with Gasteiger partial charge in [0.1, 0.15) is 0 Å². The first-order chi connectivity index (χ1) is 13.4. The summed E-state index contributed by atoms with van der Waals surface area (Å²) in [6.45, 7) is 0.162. The Hall–Kier alpha value is -3.53. The van der Waals surface area contributed by atoms with Crippen molar-refractivity contribution in [1.29, 1.82) is 0 Å².